The summed E-state index contributed by atoms with van der Waals surface area (Å²) in [6.45, 7) is 3.36. The maximum atomic E-state index is 10.4. The van der Waals surface area contributed by atoms with Gasteiger partial charge in [0.15, 0.2) is 0 Å². The minimum absolute atomic E-state index is 0.245. The molecular formula is C12H28N4O2. The SMILES string of the molecule is CNCCC(C)=O.CNCCCCC(N)C(N)=O. The van der Waals surface area contributed by atoms with Crippen LogP contribution in [0.25, 0.3) is 0 Å². The molecule has 0 aliphatic heterocycles. The van der Waals surface area contributed by atoms with E-state index in [4.69, 9.17) is 11.5 Å². The van der Waals surface area contributed by atoms with Crippen LogP contribution in [-0.2, 0) is 9.59 Å². The van der Waals surface area contributed by atoms with Crippen molar-refractivity contribution >= 4 is 11.7 Å². The standard InChI is InChI=1S/C7H17N3O.C5H11NO/c1-10-5-3-2-4-6(8)7(9)11;1-5(7)3-4-6-2/h6,10H,2-5,8H2,1H3,(H2,9,11);6H,3-4H2,1-2H3. The van der Waals surface area contributed by atoms with Gasteiger partial charge in [0.25, 0.3) is 0 Å². The minimum Gasteiger partial charge on any atom is -0.368 e. The summed E-state index contributed by atoms with van der Waals surface area (Å²) in [6, 6.07) is -0.466. The molecule has 0 spiro atoms. The average Bonchev–Trinajstić information content (AvgIpc) is 2.32. The van der Waals surface area contributed by atoms with Crippen LogP contribution < -0.4 is 22.1 Å². The normalized spacial score (nSPS) is 11.3. The van der Waals surface area contributed by atoms with Crippen LogP contribution in [0.1, 0.15) is 32.6 Å². The van der Waals surface area contributed by atoms with E-state index in [2.05, 4.69) is 10.6 Å². The van der Waals surface area contributed by atoms with Crippen LogP contribution in [0, 0.1) is 0 Å². The second-order valence-electron chi connectivity index (χ2n) is 4.16. The lowest BCUT2D eigenvalue weighted by Crippen LogP contribution is -2.36. The van der Waals surface area contributed by atoms with Crippen LogP contribution in [-0.4, -0.2) is 44.9 Å². The van der Waals surface area contributed by atoms with E-state index < -0.39 is 11.9 Å². The molecule has 0 radical (unpaired) electrons. The molecule has 0 aliphatic carbocycles. The van der Waals surface area contributed by atoms with Gasteiger partial charge in [-0.25, -0.2) is 0 Å². The first-order valence-electron chi connectivity index (χ1n) is 6.29. The highest BCUT2D eigenvalue weighted by molar-refractivity contribution is 5.79. The van der Waals surface area contributed by atoms with Crippen molar-refractivity contribution in [3.05, 3.63) is 0 Å². The summed E-state index contributed by atoms with van der Waals surface area (Å²) in [5.41, 5.74) is 10.4. The number of ketones is 1. The lowest BCUT2D eigenvalue weighted by atomic mass is 10.1. The Morgan fingerprint density at radius 3 is 2.00 bits per heavy atom. The molecule has 6 heteroatoms. The molecule has 0 rings (SSSR count). The van der Waals surface area contributed by atoms with Crippen LogP contribution in [0.5, 0.6) is 0 Å². The van der Waals surface area contributed by atoms with Gasteiger partial charge < -0.3 is 22.1 Å². The predicted molar refractivity (Wildman–Crippen MR) is 74.2 cm³/mol. The number of nitrogens with two attached hydrogens (primary N) is 2. The van der Waals surface area contributed by atoms with Crippen molar-refractivity contribution < 1.29 is 9.59 Å². The van der Waals surface area contributed by atoms with Crippen molar-refractivity contribution in [3.63, 3.8) is 0 Å². The number of carbonyl (C=O) groups excluding carboxylic acids is 2. The topological polar surface area (TPSA) is 110 Å². The summed E-state index contributed by atoms with van der Waals surface area (Å²) in [5, 5.41) is 5.89. The van der Waals surface area contributed by atoms with Gasteiger partial charge in [0.1, 0.15) is 5.78 Å². The zero-order chi connectivity index (χ0) is 14.4. The van der Waals surface area contributed by atoms with E-state index in [1.165, 1.54) is 0 Å². The lowest BCUT2D eigenvalue weighted by Gasteiger charge is -2.05. The van der Waals surface area contributed by atoms with Gasteiger partial charge >= 0.3 is 0 Å². The first-order chi connectivity index (χ1) is 8.45. The fraction of sp³-hybridized carbons (Fsp3) is 0.833. The van der Waals surface area contributed by atoms with E-state index in [1.54, 1.807) is 6.92 Å². The van der Waals surface area contributed by atoms with Gasteiger partial charge in [-0.3, -0.25) is 9.59 Å². The summed E-state index contributed by atoms with van der Waals surface area (Å²) < 4.78 is 0. The smallest absolute Gasteiger partial charge is 0.234 e. The van der Waals surface area contributed by atoms with Gasteiger partial charge in [0.05, 0.1) is 6.04 Å². The maximum Gasteiger partial charge on any atom is 0.234 e. The molecular weight excluding hydrogens is 232 g/mol. The fourth-order valence-electron chi connectivity index (χ4n) is 1.11. The molecule has 0 aromatic carbocycles. The molecule has 0 saturated heterocycles. The number of rotatable bonds is 9. The Morgan fingerprint density at radius 1 is 1.11 bits per heavy atom. The number of carbonyl (C=O) groups is 2. The Bertz CT molecular complexity index is 222. The van der Waals surface area contributed by atoms with Crippen LogP contribution >= 0.6 is 0 Å². The molecule has 0 aromatic rings. The highest BCUT2D eigenvalue weighted by atomic mass is 16.1. The number of Topliss-reactive ketones (excluding diaryl/α,β-unsaturated/α-hetero) is 1. The fourth-order valence-corrected chi connectivity index (χ4v) is 1.11. The number of nitrogens with one attached hydrogen (secondary N) is 2. The second-order valence-corrected chi connectivity index (χ2v) is 4.16. The van der Waals surface area contributed by atoms with Gasteiger partial charge in [-0.05, 0) is 40.4 Å². The average molecular weight is 260 g/mol. The van der Waals surface area contributed by atoms with E-state index in [9.17, 15) is 9.59 Å². The quantitative estimate of drug-likeness (QED) is 0.413. The van der Waals surface area contributed by atoms with E-state index in [0.29, 0.717) is 12.8 Å². The van der Waals surface area contributed by atoms with Crippen molar-refractivity contribution in [1.29, 1.82) is 0 Å². The number of primary amides is 1. The summed E-state index contributed by atoms with van der Waals surface area (Å²) in [7, 11) is 3.73. The molecule has 0 aromatic heterocycles. The lowest BCUT2D eigenvalue weighted by molar-refractivity contribution is -0.119. The van der Waals surface area contributed by atoms with Gasteiger partial charge in [0, 0.05) is 13.0 Å². The molecule has 6 N–H and O–H groups in total. The molecule has 18 heavy (non-hydrogen) atoms. The van der Waals surface area contributed by atoms with Crippen LogP contribution in [0.3, 0.4) is 0 Å². The number of amides is 1. The van der Waals surface area contributed by atoms with E-state index in [1.807, 2.05) is 14.1 Å². The summed E-state index contributed by atoms with van der Waals surface area (Å²) in [5.74, 6) is -0.163. The molecule has 0 heterocycles. The number of hydrogen-bond acceptors (Lipinski definition) is 5. The largest absolute Gasteiger partial charge is 0.368 e. The Kier molecular flexibility index (Phi) is 15.1. The van der Waals surface area contributed by atoms with E-state index in [0.717, 1.165) is 25.9 Å². The van der Waals surface area contributed by atoms with Gasteiger partial charge in [-0.1, -0.05) is 6.42 Å². The monoisotopic (exact) mass is 260 g/mol. The zero-order valence-corrected chi connectivity index (χ0v) is 11.8. The molecule has 108 valence electrons. The van der Waals surface area contributed by atoms with Gasteiger partial charge in [-0.2, -0.15) is 0 Å². The second kappa shape index (κ2) is 14.1. The Morgan fingerprint density at radius 2 is 1.67 bits per heavy atom. The maximum absolute atomic E-state index is 10.4. The third-order valence-electron chi connectivity index (χ3n) is 2.28. The van der Waals surface area contributed by atoms with Gasteiger partial charge in [0.2, 0.25) is 5.91 Å². The molecule has 6 nitrogen and oxygen atoms in total. The van der Waals surface area contributed by atoms with Gasteiger partial charge in [-0.15, -0.1) is 0 Å². The van der Waals surface area contributed by atoms with Crippen molar-refractivity contribution in [1.82, 2.24) is 10.6 Å². The Balaban J connectivity index is 0. The van der Waals surface area contributed by atoms with Crippen molar-refractivity contribution in [3.8, 4) is 0 Å². The van der Waals surface area contributed by atoms with Crippen molar-refractivity contribution in [2.75, 3.05) is 27.2 Å². The molecule has 1 amide bonds. The van der Waals surface area contributed by atoms with E-state index >= 15 is 0 Å². The molecule has 0 bridgehead atoms. The molecule has 1 unspecified atom stereocenters. The molecule has 0 saturated carbocycles. The molecule has 1 atom stereocenters. The summed E-state index contributed by atoms with van der Waals surface area (Å²) in [6.07, 6.45) is 3.33. The van der Waals surface area contributed by atoms with Crippen LogP contribution in [0.2, 0.25) is 0 Å². The van der Waals surface area contributed by atoms with E-state index in [-0.39, 0.29) is 5.78 Å². The summed E-state index contributed by atoms with van der Waals surface area (Å²) >= 11 is 0. The zero-order valence-electron chi connectivity index (χ0n) is 11.8. The number of unbranched alkanes of at least 4 members (excludes halogenated alkanes) is 1. The third kappa shape index (κ3) is 17.4. The Hall–Kier alpha value is -0.980. The van der Waals surface area contributed by atoms with Crippen molar-refractivity contribution in [2.45, 2.75) is 38.6 Å². The first-order valence-corrected chi connectivity index (χ1v) is 6.29. The molecule has 0 aliphatic rings. The highest BCUT2D eigenvalue weighted by Gasteiger charge is 2.06. The first kappa shape index (κ1) is 19.4. The summed E-state index contributed by atoms with van der Waals surface area (Å²) in [4.78, 5) is 20.6. The minimum atomic E-state index is -0.466. The van der Waals surface area contributed by atoms with Crippen molar-refractivity contribution in [2.24, 2.45) is 11.5 Å². The van der Waals surface area contributed by atoms with Crippen LogP contribution in [0.15, 0.2) is 0 Å². The highest BCUT2D eigenvalue weighted by Crippen LogP contribution is 1.96. The third-order valence-corrected chi connectivity index (χ3v) is 2.28. The predicted octanol–water partition coefficient (Wildman–Crippen LogP) is -0.626. The molecule has 0 fully saturated rings. The van der Waals surface area contributed by atoms with Crippen LogP contribution in [0.4, 0.5) is 0 Å². The number of hydrogen-bond donors (Lipinski definition) is 4. The Labute approximate surface area is 110 Å².